The van der Waals surface area contributed by atoms with Gasteiger partial charge >= 0.3 is 5.97 Å². The Kier molecular flexibility index (Phi) is 2.36. The van der Waals surface area contributed by atoms with Crippen molar-refractivity contribution in [2.75, 3.05) is 5.73 Å². The lowest BCUT2D eigenvalue weighted by Gasteiger charge is -1.86. The van der Waals surface area contributed by atoms with Gasteiger partial charge < -0.3 is 10.6 Å². The van der Waals surface area contributed by atoms with Crippen LogP contribution in [0.25, 0.3) is 0 Å². The Morgan fingerprint density at radius 2 is 2.50 bits per heavy atom. The number of aromatic nitrogens is 2. The smallest absolute Gasteiger partial charge is 0.331 e. The van der Waals surface area contributed by atoms with Crippen molar-refractivity contribution in [1.29, 1.82) is 0 Å². The van der Waals surface area contributed by atoms with E-state index >= 15 is 0 Å². The SMILES string of the molecule is CC(=O)O/N=C/c1nonc1N. The third kappa shape index (κ3) is 2.04. The molecule has 12 heavy (non-hydrogen) atoms. The Morgan fingerprint density at radius 3 is 3.00 bits per heavy atom. The number of hydrogen-bond acceptors (Lipinski definition) is 7. The number of nitrogens with two attached hydrogens (primary N) is 1. The van der Waals surface area contributed by atoms with Gasteiger partial charge in [-0.25, -0.2) is 9.42 Å². The summed E-state index contributed by atoms with van der Waals surface area (Å²) < 4.78 is 4.25. The van der Waals surface area contributed by atoms with Crippen molar-refractivity contribution in [2.45, 2.75) is 6.92 Å². The maximum atomic E-state index is 10.2. The average Bonchev–Trinajstić information content (AvgIpc) is 2.36. The van der Waals surface area contributed by atoms with Crippen LogP contribution < -0.4 is 5.73 Å². The summed E-state index contributed by atoms with van der Waals surface area (Å²) in [6, 6.07) is 0. The fourth-order valence-corrected chi connectivity index (χ4v) is 0.442. The maximum Gasteiger partial charge on any atom is 0.331 e. The number of anilines is 1. The molecule has 0 bridgehead atoms. The lowest BCUT2D eigenvalue weighted by Crippen LogP contribution is -1.94. The minimum absolute atomic E-state index is 0.0888. The van der Waals surface area contributed by atoms with Gasteiger partial charge in [0.15, 0.2) is 11.5 Å². The van der Waals surface area contributed by atoms with Gasteiger partial charge in [-0.1, -0.05) is 5.16 Å². The van der Waals surface area contributed by atoms with E-state index in [1.54, 1.807) is 0 Å². The molecule has 0 aliphatic heterocycles. The summed E-state index contributed by atoms with van der Waals surface area (Å²) in [5, 5.41) is 9.89. The van der Waals surface area contributed by atoms with E-state index in [0.717, 1.165) is 6.21 Å². The van der Waals surface area contributed by atoms with E-state index in [1.807, 2.05) is 0 Å². The highest BCUT2D eigenvalue weighted by atomic mass is 16.7. The number of carbonyl (C=O) groups is 1. The Bertz CT molecular complexity index is 305. The van der Waals surface area contributed by atoms with E-state index in [-0.39, 0.29) is 11.5 Å². The number of hydrogen-bond donors (Lipinski definition) is 1. The molecule has 7 nitrogen and oxygen atoms in total. The molecule has 64 valence electrons. The highest BCUT2D eigenvalue weighted by Gasteiger charge is 2.01. The summed E-state index contributed by atoms with van der Waals surface area (Å²) in [6.45, 7) is 1.22. The minimum atomic E-state index is -0.527. The van der Waals surface area contributed by atoms with Gasteiger partial charge in [0, 0.05) is 6.92 Å². The van der Waals surface area contributed by atoms with E-state index < -0.39 is 5.97 Å². The first-order chi connectivity index (χ1) is 5.70. The molecule has 0 unspecified atom stereocenters. The highest BCUT2D eigenvalue weighted by Crippen LogP contribution is 1.99. The largest absolute Gasteiger partial charge is 0.379 e. The van der Waals surface area contributed by atoms with Crippen molar-refractivity contribution < 1.29 is 14.3 Å². The Hall–Kier alpha value is -1.92. The molecule has 0 aromatic carbocycles. The number of rotatable bonds is 2. The molecule has 0 radical (unpaired) electrons. The van der Waals surface area contributed by atoms with Gasteiger partial charge in [0.2, 0.25) is 0 Å². The molecule has 1 heterocycles. The van der Waals surface area contributed by atoms with Crippen LogP contribution in [0.1, 0.15) is 12.6 Å². The molecular weight excluding hydrogens is 164 g/mol. The zero-order valence-electron chi connectivity index (χ0n) is 6.22. The standard InChI is InChI=1S/C5H6N4O3/c1-3(10)11-7-2-4-5(6)9-12-8-4/h2H,1H3,(H2,6,9)/b7-2+. The molecule has 0 saturated carbocycles. The Morgan fingerprint density at radius 1 is 1.75 bits per heavy atom. The lowest BCUT2D eigenvalue weighted by molar-refractivity contribution is -0.140. The predicted molar refractivity (Wildman–Crippen MR) is 38.1 cm³/mol. The molecule has 1 aromatic heterocycles. The molecule has 0 saturated heterocycles. The van der Waals surface area contributed by atoms with E-state index in [9.17, 15) is 4.79 Å². The summed E-state index contributed by atoms with van der Waals surface area (Å²) in [5.74, 6) is -0.438. The third-order valence-corrected chi connectivity index (χ3v) is 0.897. The van der Waals surface area contributed by atoms with Crippen molar-refractivity contribution >= 4 is 18.0 Å². The molecule has 1 rings (SSSR count). The second-order valence-electron chi connectivity index (χ2n) is 1.85. The normalized spacial score (nSPS) is 10.4. The minimum Gasteiger partial charge on any atom is -0.379 e. The first-order valence-electron chi connectivity index (χ1n) is 2.99. The molecule has 0 fully saturated rings. The van der Waals surface area contributed by atoms with Crippen LogP contribution in [0, 0.1) is 0 Å². The van der Waals surface area contributed by atoms with Gasteiger partial charge in [0.25, 0.3) is 0 Å². The second-order valence-corrected chi connectivity index (χ2v) is 1.85. The fraction of sp³-hybridized carbons (Fsp3) is 0.200. The first kappa shape index (κ1) is 8.18. The van der Waals surface area contributed by atoms with E-state index in [2.05, 4.69) is 24.9 Å². The topological polar surface area (TPSA) is 104 Å². The number of carbonyl (C=O) groups excluding carboxylic acids is 1. The highest BCUT2D eigenvalue weighted by molar-refractivity contribution is 5.82. The van der Waals surface area contributed by atoms with Crippen molar-refractivity contribution in [3.8, 4) is 0 Å². The molecule has 0 aliphatic rings. The lowest BCUT2D eigenvalue weighted by atomic mass is 10.5. The number of nitrogens with zero attached hydrogens (tertiary/aromatic N) is 3. The van der Waals surface area contributed by atoms with Crippen LogP contribution in [-0.4, -0.2) is 22.5 Å². The summed E-state index contributed by atoms with van der Waals surface area (Å²) >= 11 is 0. The van der Waals surface area contributed by atoms with Gasteiger partial charge in [-0.15, -0.1) is 0 Å². The van der Waals surface area contributed by atoms with Crippen LogP contribution in [-0.2, 0) is 9.63 Å². The van der Waals surface area contributed by atoms with Crippen molar-refractivity contribution in [2.24, 2.45) is 5.16 Å². The molecular formula is C5H6N4O3. The van der Waals surface area contributed by atoms with Crippen LogP contribution >= 0.6 is 0 Å². The van der Waals surface area contributed by atoms with Crippen LogP contribution in [0.2, 0.25) is 0 Å². The molecule has 1 aromatic rings. The van der Waals surface area contributed by atoms with Gasteiger partial charge in [0.1, 0.15) is 6.21 Å². The van der Waals surface area contributed by atoms with Crippen molar-refractivity contribution in [3.63, 3.8) is 0 Å². The van der Waals surface area contributed by atoms with Gasteiger partial charge in [-0.05, 0) is 10.3 Å². The Labute approximate surface area is 67.1 Å². The predicted octanol–water partition coefficient (Wildman–Crippen LogP) is -0.451. The number of nitrogen functional groups attached to an aromatic ring is 1. The average molecular weight is 170 g/mol. The van der Waals surface area contributed by atoms with Crippen LogP contribution in [0.3, 0.4) is 0 Å². The fourth-order valence-electron chi connectivity index (χ4n) is 0.442. The quantitative estimate of drug-likeness (QED) is 0.366. The summed E-state index contributed by atoms with van der Waals surface area (Å²) in [4.78, 5) is 14.5. The van der Waals surface area contributed by atoms with E-state index in [4.69, 9.17) is 5.73 Å². The van der Waals surface area contributed by atoms with Gasteiger partial charge in [-0.3, -0.25) is 0 Å². The second kappa shape index (κ2) is 3.46. The van der Waals surface area contributed by atoms with Crippen molar-refractivity contribution in [3.05, 3.63) is 5.69 Å². The van der Waals surface area contributed by atoms with Crippen LogP contribution in [0.15, 0.2) is 9.78 Å². The van der Waals surface area contributed by atoms with Gasteiger partial charge in [0.05, 0.1) is 0 Å². The Balaban J connectivity index is 2.57. The number of oxime groups is 1. The van der Waals surface area contributed by atoms with Crippen LogP contribution in [0.5, 0.6) is 0 Å². The van der Waals surface area contributed by atoms with Crippen LogP contribution in [0.4, 0.5) is 5.82 Å². The summed E-state index contributed by atoms with van der Waals surface area (Å²) in [5.41, 5.74) is 5.48. The van der Waals surface area contributed by atoms with Gasteiger partial charge in [-0.2, -0.15) is 0 Å². The third-order valence-electron chi connectivity index (χ3n) is 0.897. The first-order valence-corrected chi connectivity index (χ1v) is 2.99. The molecule has 7 heteroatoms. The zero-order chi connectivity index (χ0) is 8.97. The monoisotopic (exact) mass is 170 g/mol. The van der Waals surface area contributed by atoms with Crippen molar-refractivity contribution in [1.82, 2.24) is 10.3 Å². The summed E-state index contributed by atoms with van der Waals surface area (Å²) in [7, 11) is 0. The zero-order valence-corrected chi connectivity index (χ0v) is 6.22. The molecule has 0 spiro atoms. The van der Waals surface area contributed by atoms with E-state index in [1.165, 1.54) is 6.92 Å². The molecule has 0 aliphatic carbocycles. The molecule has 0 amide bonds. The molecule has 0 atom stereocenters. The maximum absolute atomic E-state index is 10.2. The summed E-state index contributed by atoms with van der Waals surface area (Å²) in [6.07, 6.45) is 1.13. The molecule has 2 N–H and O–H groups in total. The van der Waals surface area contributed by atoms with E-state index in [0.29, 0.717) is 0 Å².